The van der Waals surface area contributed by atoms with Gasteiger partial charge in [-0.05, 0) is 77.4 Å². The molecule has 50 heavy (non-hydrogen) atoms. The fourth-order valence-corrected chi connectivity index (χ4v) is 7.39. The number of nitriles is 2. The molecule has 0 fully saturated rings. The first kappa shape index (κ1) is 28.8. The van der Waals surface area contributed by atoms with E-state index in [0.29, 0.717) is 16.8 Å². The third-order valence-corrected chi connectivity index (χ3v) is 9.60. The van der Waals surface area contributed by atoms with E-state index in [2.05, 4.69) is 92.8 Å². The Balaban J connectivity index is 1.20. The quantitative estimate of drug-likeness (QED) is 0.181. The van der Waals surface area contributed by atoms with Gasteiger partial charge in [0.15, 0.2) is 5.69 Å². The molecule has 0 aliphatic heterocycles. The first-order valence-electron chi connectivity index (χ1n) is 16.3. The summed E-state index contributed by atoms with van der Waals surface area (Å²) in [6, 6.07) is 55.6. The second kappa shape index (κ2) is 11.4. The average molecular weight is 636 g/mol. The number of rotatable bonds is 4. The minimum atomic E-state index is 0.551. The predicted octanol–water partition coefficient (Wildman–Crippen LogP) is 11.5. The molecular formula is C45H25N5. The molecular weight excluding hydrogens is 611 g/mol. The molecule has 0 saturated carbocycles. The molecule has 0 unspecified atom stereocenters. The lowest BCUT2D eigenvalue weighted by atomic mass is 9.95. The van der Waals surface area contributed by atoms with Crippen LogP contribution < -0.4 is 0 Å². The number of fused-ring (bicyclic) bond motifs is 6. The second-order valence-corrected chi connectivity index (χ2v) is 12.3. The van der Waals surface area contributed by atoms with Crippen LogP contribution in [-0.2, 0) is 0 Å². The molecule has 2 heterocycles. The van der Waals surface area contributed by atoms with Crippen LogP contribution in [-0.4, -0.2) is 9.13 Å². The van der Waals surface area contributed by atoms with Gasteiger partial charge in [0.1, 0.15) is 0 Å². The molecule has 9 rings (SSSR count). The smallest absolute Gasteiger partial charge is 0.189 e. The van der Waals surface area contributed by atoms with E-state index < -0.39 is 0 Å². The van der Waals surface area contributed by atoms with Gasteiger partial charge in [-0.2, -0.15) is 10.5 Å². The molecule has 0 saturated heterocycles. The highest BCUT2D eigenvalue weighted by molar-refractivity contribution is 6.11. The van der Waals surface area contributed by atoms with Crippen LogP contribution in [0, 0.1) is 29.2 Å². The zero-order valence-corrected chi connectivity index (χ0v) is 26.7. The normalized spacial score (nSPS) is 11.1. The van der Waals surface area contributed by atoms with Crippen LogP contribution in [0.5, 0.6) is 0 Å². The molecule has 0 aliphatic rings. The molecule has 7 aromatic carbocycles. The van der Waals surface area contributed by atoms with Crippen molar-refractivity contribution in [3.8, 4) is 45.8 Å². The molecule has 9 aromatic rings. The number of hydrogen-bond acceptors (Lipinski definition) is 2. The van der Waals surface area contributed by atoms with Gasteiger partial charge in [-0.1, -0.05) is 91.0 Å². The first-order chi connectivity index (χ1) is 24.7. The second-order valence-electron chi connectivity index (χ2n) is 12.3. The Morgan fingerprint density at radius 3 is 1.90 bits per heavy atom. The Bertz CT molecular complexity index is 2920. The van der Waals surface area contributed by atoms with Crippen LogP contribution in [0.1, 0.15) is 11.1 Å². The largest absolute Gasteiger partial charge is 0.310 e. The number of nitrogens with zero attached hydrogens (tertiary/aromatic N) is 5. The van der Waals surface area contributed by atoms with Crippen molar-refractivity contribution in [1.29, 1.82) is 10.5 Å². The lowest BCUT2D eigenvalue weighted by Gasteiger charge is -2.16. The maximum atomic E-state index is 10.5. The summed E-state index contributed by atoms with van der Waals surface area (Å²) >= 11 is 0. The number of hydrogen-bond donors (Lipinski definition) is 0. The van der Waals surface area contributed by atoms with E-state index in [1.165, 1.54) is 10.8 Å². The van der Waals surface area contributed by atoms with Crippen LogP contribution in [0.2, 0.25) is 0 Å². The summed E-state index contributed by atoms with van der Waals surface area (Å²) in [5, 5.41) is 24.4. The van der Waals surface area contributed by atoms with E-state index in [0.717, 1.165) is 66.5 Å². The molecule has 0 spiro atoms. The van der Waals surface area contributed by atoms with Gasteiger partial charge in [-0.15, -0.1) is 0 Å². The van der Waals surface area contributed by atoms with E-state index in [-0.39, 0.29) is 0 Å². The van der Waals surface area contributed by atoms with Crippen LogP contribution in [0.4, 0.5) is 5.69 Å². The zero-order chi connectivity index (χ0) is 33.8. The van der Waals surface area contributed by atoms with Gasteiger partial charge in [-0.25, -0.2) is 4.85 Å². The highest BCUT2D eigenvalue weighted by Crippen LogP contribution is 2.39. The van der Waals surface area contributed by atoms with Crippen LogP contribution in [0.15, 0.2) is 152 Å². The van der Waals surface area contributed by atoms with Gasteiger partial charge in [0.2, 0.25) is 0 Å². The minimum absolute atomic E-state index is 0.551. The Labute approximate surface area is 288 Å². The van der Waals surface area contributed by atoms with Crippen molar-refractivity contribution in [3.05, 3.63) is 174 Å². The average Bonchev–Trinajstić information content (AvgIpc) is 3.69. The Morgan fingerprint density at radius 2 is 1.16 bits per heavy atom. The van der Waals surface area contributed by atoms with Crippen molar-refractivity contribution >= 4 is 49.3 Å². The standard InChI is InChI=1S/C45H25N5/c1-48-33-18-20-39-40-23-29(27-46)17-22-44(40)50(45(39)26-33)41-14-5-2-11-36(41)31-10-8-9-30(24-31)35-21-19-34(25-32(35)28-47)49-42-15-6-3-12-37(42)38-13-4-7-16-43(38)49/h2-26H. The molecule has 230 valence electrons. The van der Waals surface area contributed by atoms with Gasteiger partial charge >= 0.3 is 0 Å². The maximum Gasteiger partial charge on any atom is 0.189 e. The van der Waals surface area contributed by atoms with Crippen LogP contribution in [0.3, 0.4) is 0 Å². The van der Waals surface area contributed by atoms with Crippen LogP contribution >= 0.6 is 0 Å². The molecule has 0 atom stereocenters. The summed E-state index contributed by atoms with van der Waals surface area (Å²) in [6.45, 7) is 7.68. The van der Waals surface area contributed by atoms with Crippen LogP contribution in [0.25, 0.3) is 82.1 Å². The number of benzene rings is 7. The zero-order valence-electron chi connectivity index (χ0n) is 26.7. The van der Waals surface area contributed by atoms with Crippen molar-refractivity contribution in [2.24, 2.45) is 0 Å². The van der Waals surface area contributed by atoms with Gasteiger partial charge < -0.3 is 9.13 Å². The summed E-state index contributed by atoms with van der Waals surface area (Å²) < 4.78 is 4.41. The van der Waals surface area contributed by atoms with E-state index in [4.69, 9.17) is 6.57 Å². The molecule has 0 amide bonds. The Hall–Kier alpha value is -7.39. The monoisotopic (exact) mass is 635 g/mol. The lowest BCUT2D eigenvalue weighted by Crippen LogP contribution is -1.98. The third-order valence-electron chi connectivity index (χ3n) is 9.60. The highest BCUT2D eigenvalue weighted by atomic mass is 15.0. The maximum absolute atomic E-state index is 10.5. The fourth-order valence-electron chi connectivity index (χ4n) is 7.39. The fraction of sp³-hybridized carbons (Fsp3) is 0. The van der Waals surface area contributed by atoms with E-state index in [1.807, 2.05) is 84.9 Å². The molecule has 0 radical (unpaired) electrons. The Morgan fingerprint density at radius 1 is 0.480 bits per heavy atom. The summed E-state index contributed by atoms with van der Waals surface area (Å²) in [5.74, 6) is 0. The van der Waals surface area contributed by atoms with Crippen molar-refractivity contribution in [2.45, 2.75) is 0 Å². The molecule has 2 aromatic heterocycles. The van der Waals surface area contributed by atoms with Gasteiger partial charge in [0.05, 0.1) is 52.1 Å². The third kappa shape index (κ3) is 4.38. The SMILES string of the molecule is [C-]#[N+]c1ccc2c3cc(C#N)ccc3n(-c3ccccc3-c3cccc(-c4ccc(-n5c6ccccc6c6ccccc65)cc4C#N)c3)c2c1. The number of para-hydroxylation sites is 3. The molecule has 0 N–H and O–H groups in total. The highest BCUT2D eigenvalue weighted by Gasteiger charge is 2.18. The van der Waals surface area contributed by atoms with Gasteiger partial charge in [0.25, 0.3) is 0 Å². The lowest BCUT2D eigenvalue weighted by molar-refractivity contribution is 1.18. The predicted molar refractivity (Wildman–Crippen MR) is 202 cm³/mol. The Kier molecular flexibility index (Phi) is 6.56. The summed E-state index contributed by atoms with van der Waals surface area (Å²) in [6.07, 6.45) is 0. The van der Waals surface area contributed by atoms with Crippen molar-refractivity contribution in [2.75, 3.05) is 0 Å². The molecule has 5 nitrogen and oxygen atoms in total. The minimum Gasteiger partial charge on any atom is -0.310 e. The van der Waals surface area contributed by atoms with E-state index in [1.54, 1.807) is 0 Å². The topological polar surface area (TPSA) is 61.8 Å². The van der Waals surface area contributed by atoms with Crippen molar-refractivity contribution < 1.29 is 0 Å². The molecule has 5 heteroatoms. The van der Waals surface area contributed by atoms with E-state index >= 15 is 0 Å². The van der Waals surface area contributed by atoms with Gasteiger partial charge in [-0.3, -0.25) is 0 Å². The number of aromatic nitrogens is 2. The van der Waals surface area contributed by atoms with Crippen molar-refractivity contribution in [1.82, 2.24) is 9.13 Å². The summed E-state index contributed by atoms with van der Waals surface area (Å²) in [5.41, 5.74) is 11.5. The molecule has 0 bridgehead atoms. The van der Waals surface area contributed by atoms with E-state index in [9.17, 15) is 10.5 Å². The summed E-state index contributed by atoms with van der Waals surface area (Å²) in [4.78, 5) is 3.71. The first-order valence-corrected chi connectivity index (χ1v) is 16.3. The van der Waals surface area contributed by atoms with Crippen molar-refractivity contribution in [3.63, 3.8) is 0 Å². The summed E-state index contributed by atoms with van der Waals surface area (Å²) in [7, 11) is 0. The molecule has 0 aliphatic carbocycles. The van der Waals surface area contributed by atoms with Gasteiger partial charge in [0, 0.05) is 38.3 Å².